The van der Waals surface area contributed by atoms with E-state index >= 15 is 0 Å². The number of nitrogens with zero attached hydrogens (tertiary/aromatic N) is 4. The van der Waals surface area contributed by atoms with Gasteiger partial charge in [0.2, 0.25) is 0 Å². The summed E-state index contributed by atoms with van der Waals surface area (Å²) in [5.74, 6) is -0.393. The molecule has 7 heteroatoms. The van der Waals surface area contributed by atoms with Crippen LogP contribution in [0.1, 0.15) is 23.3 Å². The number of amides is 1. The lowest BCUT2D eigenvalue weighted by Gasteiger charge is -2.35. The molecule has 0 bridgehead atoms. The van der Waals surface area contributed by atoms with E-state index in [1.807, 2.05) is 7.05 Å². The topological polar surface area (TPSA) is 81.9 Å². The lowest BCUT2D eigenvalue weighted by atomic mass is 9.89. The number of rotatable bonds is 2. The number of carbonyl (C=O) groups excluding carboxylic acids is 1. The molecule has 0 saturated carbocycles. The van der Waals surface area contributed by atoms with Crippen molar-refractivity contribution in [2.45, 2.75) is 18.4 Å². The van der Waals surface area contributed by atoms with Crippen LogP contribution in [-0.2, 0) is 0 Å². The second-order valence-electron chi connectivity index (χ2n) is 4.69. The van der Waals surface area contributed by atoms with E-state index < -0.39 is 11.4 Å². The fraction of sp³-hybridized carbons (Fsp3) is 0.500. The molecule has 0 aliphatic carbocycles. The number of nitrogens with one attached hydrogen (secondary N) is 1. The molecule has 1 aliphatic rings. The fourth-order valence-corrected chi connectivity index (χ4v) is 2.08. The predicted molar refractivity (Wildman–Crippen MR) is 69.6 cm³/mol. The maximum atomic E-state index is 12.0. The summed E-state index contributed by atoms with van der Waals surface area (Å²) < 4.78 is 0. The average molecular weight is 280 g/mol. The number of nitriles is 1. The minimum absolute atomic E-state index is 0.165. The van der Waals surface area contributed by atoms with Gasteiger partial charge in [-0.05, 0) is 32.0 Å². The number of likely N-dealkylation sites (tertiary alicyclic amines) is 1. The Morgan fingerprint density at radius 3 is 2.68 bits per heavy atom. The van der Waals surface area contributed by atoms with Crippen molar-refractivity contribution < 1.29 is 4.79 Å². The van der Waals surface area contributed by atoms with Crippen molar-refractivity contribution >= 4 is 17.5 Å². The highest BCUT2D eigenvalue weighted by Gasteiger charge is 2.35. The molecule has 0 unspecified atom stereocenters. The minimum Gasteiger partial charge on any atom is -0.332 e. The van der Waals surface area contributed by atoms with Gasteiger partial charge in [-0.2, -0.15) is 5.26 Å². The molecule has 100 valence electrons. The molecule has 1 saturated heterocycles. The molecule has 1 aromatic rings. The van der Waals surface area contributed by atoms with Crippen LogP contribution in [0, 0.1) is 11.3 Å². The highest BCUT2D eigenvalue weighted by atomic mass is 35.5. The Morgan fingerprint density at radius 1 is 1.47 bits per heavy atom. The van der Waals surface area contributed by atoms with E-state index in [2.05, 4.69) is 26.5 Å². The van der Waals surface area contributed by atoms with Gasteiger partial charge in [0.1, 0.15) is 5.54 Å². The van der Waals surface area contributed by atoms with Crippen LogP contribution in [-0.4, -0.2) is 46.7 Å². The van der Waals surface area contributed by atoms with Gasteiger partial charge in [-0.15, -0.1) is 10.2 Å². The maximum absolute atomic E-state index is 12.0. The van der Waals surface area contributed by atoms with Crippen LogP contribution in [0.3, 0.4) is 0 Å². The zero-order valence-electron chi connectivity index (χ0n) is 10.6. The SMILES string of the molecule is CN1CCC(C#N)(NC(=O)c2ccc(Cl)nn2)CC1. The van der Waals surface area contributed by atoms with Crippen molar-refractivity contribution in [3.8, 4) is 6.07 Å². The van der Waals surface area contributed by atoms with E-state index in [1.54, 1.807) is 0 Å². The third kappa shape index (κ3) is 3.19. The van der Waals surface area contributed by atoms with Gasteiger partial charge in [0, 0.05) is 13.1 Å². The fourth-order valence-electron chi connectivity index (χ4n) is 1.98. The molecule has 2 rings (SSSR count). The molecule has 0 aromatic carbocycles. The van der Waals surface area contributed by atoms with E-state index in [-0.39, 0.29) is 10.8 Å². The van der Waals surface area contributed by atoms with Crippen molar-refractivity contribution in [3.63, 3.8) is 0 Å². The maximum Gasteiger partial charge on any atom is 0.273 e. The minimum atomic E-state index is -0.815. The average Bonchev–Trinajstić information content (AvgIpc) is 2.42. The molecule has 0 atom stereocenters. The Morgan fingerprint density at radius 2 is 2.16 bits per heavy atom. The molecule has 1 aromatic heterocycles. The van der Waals surface area contributed by atoms with Crippen LogP contribution in [0.2, 0.25) is 5.15 Å². The monoisotopic (exact) mass is 279 g/mol. The first-order valence-electron chi connectivity index (χ1n) is 5.96. The molecule has 1 aliphatic heterocycles. The second-order valence-corrected chi connectivity index (χ2v) is 5.08. The molecule has 2 heterocycles. The van der Waals surface area contributed by atoms with E-state index in [0.717, 1.165) is 13.1 Å². The summed E-state index contributed by atoms with van der Waals surface area (Å²) in [6.45, 7) is 1.56. The molecule has 1 fully saturated rings. The van der Waals surface area contributed by atoms with Gasteiger partial charge >= 0.3 is 0 Å². The lowest BCUT2D eigenvalue weighted by molar-refractivity contribution is 0.0876. The molecular formula is C12H14ClN5O. The number of aromatic nitrogens is 2. The van der Waals surface area contributed by atoms with Crippen LogP contribution >= 0.6 is 11.6 Å². The Balaban J connectivity index is 2.09. The first-order valence-corrected chi connectivity index (χ1v) is 6.34. The van der Waals surface area contributed by atoms with E-state index in [9.17, 15) is 10.1 Å². The van der Waals surface area contributed by atoms with Gasteiger partial charge in [0.05, 0.1) is 6.07 Å². The number of piperidine rings is 1. The van der Waals surface area contributed by atoms with Crippen molar-refractivity contribution in [1.82, 2.24) is 20.4 Å². The van der Waals surface area contributed by atoms with Crippen LogP contribution in [0.5, 0.6) is 0 Å². The highest BCUT2D eigenvalue weighted by molar-refractivity contribution is 6.29. The molecule has 19 heavy (non-hydrogen) atoms. The Kier molecular flexibility index (Phi) is 3.98. The zero-order chi connectivity index (χ0) is 13.9. The van der Waals surface area contributed by atoms with Gasteiger partial charge in [0.15, 0.2) is 10.8 Å². The van der Waals surface area contributed by atoms with E-state index in [4.69, 9.17) is 11.6 Å². The summed E-state index contributed by atoms with van der Waals surface area (Å²) >= 11 is 5.62. The summed E-state index contributed by atoms with van der Waals surface area (Å²) in [5, 5.41) is 19.6. The first-order chi connectivity index (χ1) is 9.04. The summed E-state index contributed by atoms with van der Waals surface area (Å²) in [5.41, 5.74) is -0.650. The normalized spacial score (nSPS) is 18.6. The van der Waals surface area contributed by atoms with Crippen LogP contribution in [0.15, 0.2) is 12.1 Å². The van der Waals surface area contributed by atoms with Crippen molar-refractivity contribution in [1.29, 1.82) is 5.26 Å². The number of hydrogen-bond donors (Lipinski definition) is 1. The van der Waals surface area contributed by atoms with Gasteiger partial charge in [0.25, 0.3) is 5.91 Å². The number of halogens is 1. The van der Waals surface area contributed by atoms with Gasteiger partial charge in [-0.25, -0.2) is 0 Å². The van der Waals surface area contributed by atoms with Crippen LogP contribution in [0.25, 0.3) is 0 Å². The number of carbonyl (C=O) groups is 1. The van der Waals surface area contributed by atoms with Crippen molar-refractivity contribution in [3.05, 3.63) is 23.0 Å². The summed E-state index contributed by atoms with van der Waals surface area (Å²) in [6.07, 6.45) is 1.21. The molecule has 0 radical (unpaired) electrons. The molecule has 1 N–H and O–H groups in total. The Bertz CT molecular complexity index is 502. The Hall–Kier alpha value is -1.71. The van der Waals surface area contributed by atoms with Crippen molar-refractivity contribution in [2.75, 3.05) is 20.1 Å². The van der Waals surface area contributed by atoms with E-state index in [1.165, 1.54) is 12.1 Å². The quantitative estimate of drug-likeness (QED) is 0.868. The van der Waals surface area contributed by atoms with Gasteiger partial charge in [-0.3, -0.25) is 4.79 Å². The Labute approximate surface area is 116 Å². The van der Waals surface area contributed by atoms with Gasteiger partial charge in [-0.1, -0.05) is 11.6 Å². The third-order valence-electron chi connectivity index (χ3n) is 3.27. The largest absolute Gasteiger partial charge is 0.332 e. The second kappa shape index (κ2) is 5.51. The van der Waals surface area contributed by atoms with E-state index in [0.29, 0.717) is 12.8 Å². The standard InChI is InChI=1S/C12H14ClN5O/c1-18-6-4-12(8-14,5-7-18)15-11(19)9-2-3-10(13)17-16-9/h2-3H,4-7H2,1H3,(H,15,19). The lowest BCUT2D eigenvalue weighted by Crippen LogP contribution is -2.53. The third-order valence-corrected chi connectivity index (χ3v) is 3.47. The van der Waals surface area contributed by atoms with Crippen molar-refractivity contribution in [2.24, 2.45) is 0 Å². The highest BCUT2D eigenvalue weighted by Crippen LogP contribution is 2.21. The summed E-state index contributed by atoms with van der Waals surface area (Å²) in [6, 6.07) is 5.21. The smallest absolute Gasteiger partial charge is 0.273 e. The van der Waals surface area contributed by atoms with Gasteiger partial charge < -0.3 is 10.2 Å². The molecule has 0 spiro atoms. The number of hydrogen-bond acceptors (Lipinski definition) is 5. The summed E-state index contributed by atoms with van der Waals surface area (Å²) in [4.78, 5) is 14.2. The molecule has 6 nitrogen and oxygen atoms in total. The predicted octanol–water partition coefficient (Wildman–Crippen LogP) is 0.848. The zero-order valence-corrected chi connectivity index (χ0v) is 11.3. The molecular weight excluding hydrogens is 266 g/mol. The first kappa shape index (κ1) is 13.7. The van der Waals surface area contributed by atoms with Crippen LogP contribution < -0.4 is 5.32 Å². The molecule has 1 amide bonds. The van der Waals surface area contributed by atoms with Crippen LogP contribution in [0.4, 0.5) is 0 Å². The summed E-state index contributed by atoms with van der Waals surface area (Å²) in [7, 11) is 1.99.